The molecule has 4 heteroatoms. The summed E-state index contributed by atoms with van der Waals surface area (Å²) in [6, 6.07) is 0. The first-order chi connectivity index (χ1) is 7.10. The molecule has 1 aliphatic rings. The zero-order valence-electron chi connectivity index (χ0n) is 9.53. The number of ether oxygens (including phenoxy) is 1. The highest BCUT2D eigenvalue weighted by atomic mass is 16.5. The van der Waals surface area contributed by atoms with Crippen molar-refractivity contribution in [2.24, 2.45) is 23.0 Å². The Kier molecular flexibility index (Phi) is 4.11. The van der Waals surface area contributed by atoms with E-state index in [2.05, 4.69) is 0 Å². The third-order valence-corrected chi connectivity index (χ3v) is 3.34. The lowest BCUT2D eigenvalue weighted by Crippen LogP contribution is -2.43. The molecule has 0 aliphatic heterocycles. The Labute approximate surface area is 90.8 Å². The number of aliphatic hydroxyl groups excluding tert-OH is 1. The van der Waals surface area contributed by atoms with Gasteiger partial charge in [0, 0.05) is 13.2 Å². The van der Waals surface area contributed by atoms with Crippen LogP contribution in [-0.2, 0) is 9.53 Å². The Morgan fingerprint density at radius 3 is 2.60 bits per heavy atom. The van der Waals surface area contributed by atoms with E-state index in [9.17, 15) is 4.79 Å². The van der Waals surface area contributed by atoms with E-state index in [1.54, 1.807) is 0 Å². The van der Waals surface area contributed by atoms with Crippen molar-refractivity contribution in [1.82, 2.24) is 0 Å². The van der Waals surface area contributed by atoms with Crippen LogP contribution in [0.4, 0.5) is 0 Å². The first kappa shape index (κ1) is 12.5. The summed E-state index contributed by atoms with van der Waals surface area (Å²) in [6.45, 7) is 2.33. The first-order valence-corrected chi connectivity index (χ1v) is 5.50. The minimum absolute atomic E-state index is 0.0888. The van der Waals surface area contributed by atoms with E-state index >= 15 is 0 Å². The number of nitrogens with two attached hydrogens (primary N) is 1. The Bertz CT molecular complexity index is 228. The lowest BCUT2D eigenvalue weighted by molar-refractivity contribution is -0.155. The zero-order valence-corrected chi connectivity index (χ0v) is 9.53. The van der Waals surface area contributed by atoms with E-state index in [-0.39, 0.29) is 18.5 Å². The summed E-state index contributed by atoms with van der Waals surface area (Å²) in [5.74, 6) is 0.227. The maximum atomic E-state index is 11.8. The van der Waals surface area contributed by atoms with Gasteiger partial charge in [0.2, 0.25) is 0 Å². The molecule has 0 aromatic rings. The molecule has 0 spiro atoms. The Morgan fingerprint density at radius 1 is 1.67 bits per heavy atom. The third-order valence-electron chi connectivity index (χ3n) is 3.34. The average Bonchev–Trinajstić information content (AvgIpc) is 3.08. The topological polar surface area (TPSA) is 72.5 Å². The number of rotatable bonds is 6. The number of esters is 1. The Balaban J connectivity index is 2.78. The van der Waals surface area contributed by atoms with Crippen molar-refractivity contribution in [1.29, 1.82) is 0 Å². The van der Waals surface area contributed by atoms with Gasteiger partial charge < -0.3 is 15.6 Å². The lowest BCUT2D eigenvalue weighted by atomic mass is 9.75. The lowest BCUT2D eigenvalue weighted by Gasteiger charge is -2.31. The predicted octanol–water partition coefficient (Wildman–Crippen LogP) is 0.533. The molecule has 3 N–H and O–H groups in total. The average molecular weight is 215 g/mol. The molecule has 1 saturated carbocycles. The smallest absolute Gasteiger partial charge is 0.313 e. The predicted molar refractivity (Wildman–Crippen MR) is 57.1 cm³/mol. The van der Waals surface area contributed by atoms with Gasteiger partial charge in [-0.15, -0.1) is 0 Å². The minimum Gasteiger partial charge on any atom is -0.469 e. The van der Waals surface area contributed by atoms with Crippen LogP contribution in [0.25, 0.3) is 0 Å². The molecule has 0 amide bonds. The molecule has 1 rings (SSSR count). The standard InChI is InChI=1S/C11H21NO3/c1-8(6-13)5-11(7-12,9-3-4-9)10(14)15-2/h8-9,13H,3-7,12H2,1-2H3. The molecule has 0 heterocycles. The van der Waals surface area contributed by atoms with E-state index in [1.165, 1.54) is 7.11 Å². The summed E-state index contributed by atoms with van der Waals surface area (Å²) in [7, 11) is 1.40. The van der Waals surface area contributed by atoms with Crippen LogP contribution in [0.3, 0.4) is 0 Å². The molecule has 0 aromatic heterocycles. The van der Waals surface area contributed by atoms with Crippen molar-refractivity contribution in [3.63, 3.8) is 0 Å². The summed E-state index contributed by atoms with van der Waals surface area (Å²) in [6.07, 6.45) is 2.71. The molecule has 4 nitrogen and oxygen atoms in total. The van der Waals surface area contributed by atoms with Gasteiger partial charge in [-0.1, -0.05) is 6.92 Å². The van der Waals surface area contributed by atoms with Crippen molar-refractivity contribution < 1.29 is 14.6 Å². The summed E-state index contributed by atoms with van der Waals surface area (Å²) >= 11 is 0. The fraction of sp³-hybridized carbons (Fsp3) is 0.909. The van der Waals surface area contributed by atoms with E-state index in [0.29, 0.717) is 18.9 Å². The number of aliphatic hydroxyl groups is 1. The zero-order chi connectivity index (χ0) is 11.5. The fourth-order valence-corrected chi connectivity index (χ4v) is 2.28. The highest BCUT2D eigenvalue weighted by Gasteiger charge is 2.51. The van der Waals surface area contributed by atoms with Crippen LogP contribution < -0.4 is 5.73 Å². The number of hydrogen-bond donors (Lipinski definition) is 2. The summed E-state index contributed by atoms with van der Waals surface area (Å²) in [5.41, 5.74) is 5.19. The van der Waals surface area contributed by atoms with Crippen LogP contribution in [0.2, 0.25) is 0 Å². The van der Waals surface area contributed by atoms with Gasteiger partial charge in [-0.2, -0.15) is 0 Å². The normalized spacial score (nSPS) is 21.9. The van der Waals surface area contributed by atoms with Gasteiger partial charge in [0.05, 0.1) is 12.5 Å². The molecule has 1 aliphatic carbocycles. The third kappa shape index (κ3) is 2.49. The van der Waals surface area contributed by atoms with Gasteiger partial charge in [-0.05, 0) is 31.1 Å². The van der Waals surface area contributed by atoms with Gasteiger partial charge in [0.25, 0.3) is 0 Å². The van der Waals surface area contributed by atoms with E-state index in [4.69, 9.17) is 15.6 Å². The van der Waals surface area contributed by atoms with Crippen LogP contribution in [0.5, 0.6) is 0 Å². The van der Waals surface area contributed by atoms with Crippen molar-refractivity contribution in [2.45, 2.75) is 26.2 Å². The second-order valence-electron chi connectivity index (χ2n) is 4.62. The fourth-order valence-electron chi connectivity index (χ4n) is 2.28. The van der Waals surface area contributed by atoms with E-state index < -0.39 is 5.41 Å². The van der Waals surface area contributed by atoms with Crippen molar-refractivity contribution >= 4 is 5.97 Å². The van der Waals surface area contributed by atoms with Crippen molar-refractivity contribution in [2.75, 3.05) is 20.3 Å². The first-order valence-electron chi connectivity index (χ1n) is 5.50. The monoisotopic (exact) mass is 215 g/mol. The van der Waals surface area contributed by atoms with Gasteiger partial charge in [-0.3, -0.25) is 4.79 Å². The molecule has 0 aromatic carbocycles. The molecule has 88 valence electrons. The molecule has 15 heavy (non-hydrogen) atoms. The second-order valence-corrected chi connectivity index (χ2v) is 4.62. The molecule has 0 bridgehead atoms. The van der Waals surface area contributed by atoms with Crippen LogP contribution in [0.15, 0.2) is 0 Å². The summed E-state index contributed by atoms with van der Waals surface area (Å²) in [4.78, 5) is 11.8. The SMILES string of the molecule is COC(=O)C(CN)(CC(C)CO)C1CC1. The van der Waals surface area contributed by atoms with Crippen LogP contribution in [0, 0.1) is 17.3 Å². The maximum absolute atomic E-state index is 11.8. The van der Waals surface area contributed by atoms with Gasteiger partial charge in [0.15, 0.2) is 0 Å². The Morgan fingerprint density at radius 2 is 2.27 bits per heavy atom. The largest absolute Gasteiger partial charge is 0.469 e. The molecular weight excluding hydrogens is 194 g/mol. The molecular formula is C11H21NO3. The number of methoxy groups -OCH3 is 1. The molecule has 0 radical (unpaired) electrons. The Hall–Kier alpha value is -0.610. The maximum Gasteiger partial charge on any atom is 0.313 e. The van der Waals surface area contributed by atoms with Gasteiger partial charge >= 0.3 is 5.97 Å². The van der Waals surface area contributed by atoms with E-state index in [0.717, 1.165) is 12.8 Å². The minimum atomic E-state index is -0.559. The van der Waals surface area contributed by atoms with Gasteiger partial charge in [-0.25, -0.2) is 0 Å². The second kappa shape index (κ2) is 4.94. The summed E-state index contributed by atoms with van der Waals surface area (Å²) in [5, 5.41) is 9.06. The molecule has 0 saturated heterocycles. The van der Waals surface area contributed by atoms with Crippen LogP contribution >= 0.6 is 0 Å². The van der Waals surface area contributed by atoms with Crippen molar-refractivity contribution in [3.8, 4) is 0 Å². The quantitative estimate of drug-likeness (QED) is 0.634. The number of carbonyl (C=O) groups is 1. The number of hydrogen-bond acceptors (Lipinski definition) is 4. The summed E-state index contributed by atoms with van der Waals surface area (Å²) < 4.78 is 4.85. The molecule has 1 fully saturated rings. The number of carbonyl (C=O) groups excluding carboxylic acids is 1. The van der Waals surface area contributed by atoms with Crippen LogP contribution in [-0.4, -0.2) is 31.3 Å². The highest BCUT2D eigenvalue weighted by Crippen LogP contribution is 2.49. The molecule has 2 unspecified atom stereocenters. The molecule has 2 atom stereocenters. The van der Waals surface area contributed by atoms with Crippen LogP contribution in [0.1, 0.15) is 26.2 Å². The van der Waals surface area contributed by atoms with Crippen molar-refractivity contribution in [3.05, 3.63) is 0 Å². The van der Waals surface area contributed by atoms with E-state index in [1.807, 2.05) is 6.92 Å². The van der Waals surface area contributed by atoms with Gasteiger partial charge in [0.1, 0.15) is 0 Å². The highest BCUT2D eigenvalue weighted by molar-refractivity contribution is 5.78.